The van der Waals surface area contributed by atoms with E-state index in [9.17, 15) is 8.78 Å². The van der Waals surface area contributed by atoms with Crippen molar-refractivity contribution in [2.45, 2.75) is 32.1 Å². The van der Waals surface area contributed by atoms with Crippen molar-refractivity contribution in [3.63, 3.8) is 0 Å². The Labute approximate surface area is 114 Å². The van der Waals surface area contributed by atoms with Gasteiger partial charge in [-0.3, -0.25) is 4.39 Å². The second-order valence-electron chi connectivity index (χ2n) is 5.52. The normalized spacial score (nSPS) is 20.6. The monoisotopic (exact) mass is 267 g/mol. The van der Waals surface area contributed by atoms with Crippen LogP contribution in [0.4, 0.5) is 8.78 Å². The van der Waals surface area contributed by atoms with E-state index < -0.39 is 0 Å². The molecule has 1 nitrogen and oxygen atoms in total. The third-order valence-electron chi connectivity index (χ3n) is 3.97. The van der Waals surface area contributed by atoms with Gasteiger partial charge in [0.1, 0.15) is 5.82 Å². The maximum Gasteiger partial charge on any atom is 0.123 e. The Balaban J connectivity index is 1.74. The van der Waals surface area contributed by atoms with Crippen molar-refractivity contribution in [1.82, 2.24) is 4.90 Å². The zero-order valence-corrected chi connectivity index (χ0v) is 11.5. The van der Waals surface area contributed by atoms with E-state index in [1.165, 1.54) is 30.5 Å². The molecule has 1 atom stereocenters. The molecule has 0 bridgehead atoms. The molecule has 1 saturated heterocycles. The van der Waals surface area contributed by atoms with Crippen molar-refractivity contribution >= 4 is 0 Å². The molecule has 1 aliphatic heterocycles. The Bertz CT molecular complexity index is 364. The number of halogens is 2. The van der Waals surface area contributed by atoms with Crippen molar-refractivity contribution in [2.24, 2.45) is 5.92 Å². The van der Waals surface area contributed by atoms with Gasteiger partial charge in [-0.1, -0.05) is 12.1 Å². The minimum Gasteiger partial charge on any atom is -0.303 e. The van der Waals surface area contributed by atoms with Gasteiger partial charge in [0.05, 0.1) is 6.67 Å². The van der Waals surface area contributed by atoms with Crippen LogP contribution in [0.15, 0.2) is 24.3 Å². The van der Waals surface area contributed by atoms with Crippen LogP contribution in [0.3, 0.4) is 0 Å². The fourth-order valence-electron chi connectivity index (χ4n) is 2.90. The molecule has 1 fully saturated rings. The van der Waals surface area contributed by atoms with Crippen LogP contribution in [0.5, 0.6) is 0 Å². The zero-order chi connectivity index (χ0) is 13.5. The lowest BCUT2D eigenvalue weighted by atomic mass is 9.91. The number of piperidine rings is 1. The Kier molecular flexibility index (Phi) is 5.77. The molecular weight excluding hydrogens is 244 g/mol. The van der Waals surface area contributed by atoms with Gasteiger partial charge in [-0.05, 0) is 62.3 Å². The number of hydrogen-bond donors (Lipinski definition) is 0. The number of nitrogens with zero attached hydrogens (tertiary/aromatic N) is 1. The summed E-state index contributed by atoms with van der Waals surface area (Å²) in [6.07, 6.45) is 5.32. The van der Waals surface area contributed by atoms with Crippen LogP contribution in [0, 0.1) is 11.7 Å². The third kappa shape index (κ3) is 4.90. The van der Waals surface area contributed by atoms with E-state index in [0.717, 1.165) is 32.5 Å². The minimum absolute atomic E-state index is 0.168. The molecule has 0 spiro atoms. The fourth-order valence-corrected chi connectivity index (χ4v) is 2.90. The van der Waals surface area contributed by atoms with Crippen LogP contribution >= 0.6 is 0 Å². The highest BCUT2D eigenvalue weighted by atomic mass is 19.1. The van der Waals surface area contributed by atoms with E-state index >= 15 is 0 Å². The van der Waals surface area contributed by atoms with Gasteiger partial charge in [-0.15, -0.1) is 0 Å². The van der Waals surface area contributed by atoms with Crippen molar-refractivity contribution in [2.75, 3.05) is 26.3 Å². The van der Waals surface area contributed by atoms with Crippen molar-refractivity contribution in [3.05, 3.63) is 35.6 Å². The van der Waals surface area contributed by atoms with Gasteiger partial charge in [-0.2, -0.15) is 0 Å². The van der Waals surface area contributed by atoms with Crippen LogP contribution in [0.25, 0.3) is 0 Å². The molecule has 0 aromatic heterocycles. The summed E-state index contributed by atoms with van der Waals surface area (Å²) in [6, 6.07) is 6.81. The van der Waals surface area contributed by atoms with Crippen LogP contribution in [-0.4, -0.2) is 31.2 Å². The highest BCUT2D eigenvalue weighted by Gasteiger charge is 2.19. The maximum absolute atomic E-state index is 12.8. The Hall–Kier alpha value is -0.960. The maximum atomic E-state index is 12.8. The summed E-state index contributed by atoms with van der Waals surface area (Å²) >= 11 is 0. The van der Waals surface area contributed by atoms with Crippen LogP contribution < -0.4 is 0 Å². The first kappa shape index (κ1) is 14.4. The lowest BCUT2D eigenvalue weighted by Gasteiger charge is -2.32. The average Bonchev–Trinajstić information content (AvgIpc) is 2.45. The van der Waals surface area contributed by atoms with E-state index in [1.54, 1.807) is 0 Å². The Morgan fingerprint density at radius 2 is 2.00 bits per heavy atom. The molecule has 19 heavy (non-hydrogen) atoms. The van der Waals surface area contributed by atoms with Crippen LogP contribution in [0.1, 0.15) is 31.2 Å². The summed E-state index contributed by atoms with van der Waals surface area (Å²) in [5.74, 6) is 0.539. The molecule has 106 valence electrons. The Morgan fingerprint density at radius 1 is 1.21 bits per heavy atom. The summed E-state index contributed by atoms with van der Waals surface area (Å²) in [6.45, 7) is 2.90. The smallest absolute Gasteiger partial charge is 0.123 e. The first-order chi connectivity index (χ1) is 9.28. The van der Waals surface area contributed by atoms with E-state index in [-0.39, 0.29) is 12.5 Å². The largest absolute Gasteiger partial charge is 0.303 e. The van der Waals surface area contributed by atoms with Gasteiger partial charge < -0.3 is 4.90 Å². The van der Waals surface area contributed by atoms with Gasteiger partial charge in [0, 0.05) is 13.1 Å². The fraction of sp³-hybridized carbons (Fsp3) is 0.625. The molecule has 0 radical (unpaired) electrons. The number of likely N-dealkylation sites (tertiary alicyclic amines) is 1. The molecule has 1 aromatic rings. The first-order valence-electron chi connectivity index (χ1n) is 7.30. The predicted molar refractivity (Wildman–Crippen MR) is 74.5 cm³/mol. The number of hydrogen-bond acceptors (Lipinski definition) is 1. The standard InChI is InChI=1S/C16H23F2N/c17-10-2-12-19-11-1-3-15(13-19)5-4-14-6-8-16(18)9-7-14/h6-9,15H,1-5,10-13H2/t15-/m1/s1. The molecule has 1 aromatic carbocycles. The van der Waals surface area contributed by atoms with Gasteiger partial charge in [-0.25, -0.2) is 4.39 Å². The highest BCUT2D eigenvalue weighted by molar-refractivity contribution is 5.16. The minimum atomic E-state index is -0.212. The molecule has 1 aliphatic rings. The SMILES string of the molecule is FCCCN1CCC[C@H](CCc2ccc(F)cc2)C1. The van der Waals surface area contributed by atoms with Crippen molar-refractivity contribution in [3.8, 4) is 0 Å². The summed E-state index contributed by atoms with van der Waals surface area (Å²) in [7, 11) is 0. The number of rotatable bonds is 6. The van der Waals surface area contributed by atoms with Crippen LogP contribution in [-0.2, 0) is 6.42 Å². The van der Waals surface area contributed by atoms with Crippen molar-refractivity contribution < 1.29 is 8.78 Å². The number of alkyl halides is 1. The molecule has 1 heterocycles. The third-order valence-corrected chi connectivity index (χ3v) is 3.97. The molecule has 0 saturated carbocycles. The van der Waals surface area contributed by atoms with E-state index in [2.05, 4.69) is 4.90 Å². The lowest BCUT2D eigenvalue weighted by Crippen LogP contribution is -2.36. The van der Waals surface area contributed by atoms with Crippen LogP contribution in [0.2, 0.25) is 0 Å². The van der Waals surface area contributed by atoms with E-state index in [4.69, 9.17) is 0 Å². The highest BCUT2D eigenvalue weighted by Crippen LogP contribution is 2.21. The molecular formula is C16H23F2N. The molecule has 3 heteroatoms. The zero-order valence-electron chi connectivity index (χ0n) is 11.5. The Morgan fingerprint density at radius 3 is 2.74 bits per heavy atom. The predicted octanol–water partition coefficient (Wildman–Crippen LogP) is 3.83. The molecule has 0 amide bonds. The van der Waals surface area contributed by atoms with Crippen molar-refractivity contribution in [1.29, 1.82) is 0 Å². The second-order valence-corrected chi connectivity index (χ2v) is 5.52. The van der Waals surface area contributed by atoms with Gasteiger partial charge in [0.25, 0.3) is 0 Å². The lowest BCUT2D eigenvalue weighted by molar-refractivity contribution is 0.163. The molecule has 0 N–H and O–H groups in total. The molecule has 0 aliphatic carbocycles. The summed E-state index contributed by atoms with van der Waals surface area (Å²) in [5.41, 5.74) is 1.21. The summed E-state index contributed by atoms with van der Waals surface area (Å²) in [5, 5.41) is 0. The summed E-state index contributed by atoms with van der Waals surface area (Å²) < 4.78 is 25.0. The van der Waals surface area contributed by atoms with Gasteiger partial charge in [0.15, 0.2) is 0 Å². The topological polar surface area (TPSA) is 3.24 Å². The molecule has 0 unspecified atom stereocenters. The number of aryl methyl sites for hydroxylation is 1. The molecule has 2 rings (SSSR count). The summed E-state index contributed by atoms with van der Waals surface area (Å²) in [4.78, 5) is 2.39. The number of benzene rings is 1. The van der Waals surface area contributed by atoms with E-state index in [1.807, 2.05) is 12.1 Å². The van der Waals surface area contributed by atoms with Gasteiger partial charge in [0.2, 0.25) is 0 Å². The average molecular weight is 267 g/mol. The quantitative estimate of drug-likeness (QED) is 0.757. The first-order valence-corrected chi connectivity index (χ1v) is 7.30. The second kappa shape index (κ2) is 7.59. The van der Waals surface area contributed by atoms with Gasteiger partial charge >= 0.3 is 0 Å². The van der Waals surface area contributed by atoms with E-state index in [0.29, 0.717) is 12.3 Å².